The van der Waals surface area contributed by atoms with Gasteiger partial charge in [-0.05, 0) is 48.9 Å². The highest BCUT2D eigenvalue weighted by molar-refractivity contribution is 5.32. The molecule has 2 nitrogen and oxygen atoms in total. The first-order valence-electron chi connectivity index (χ1n) is 7.34. The molecule has 110 valence electrons. The van der Waals surface area contributed by atoms with Gasteiger partial charge >= 0.3 is 0 Å². The van der Waals surface area contributed by atoms with Crippen molar-refractivity contribution in [2.45, 2.75) is 38.4 Å². The molecule has 2 aromatic carbocycles. The van der Waals surface area contributed by atoms with E-state index in [2.05, 4.69) is 0 Å². The summed E-state index contributed by atoms with van der Waals surface area (Å²) in [6.45, 7) is 1.72. The molecule has 2 aromatic rings. The third-order valence-electron chi connectivity index (χ3n) is 4.09. The fourth-order valence-electron chi connectivity index (χ4n) is 2.85. The predicted octanol–water partition coefficient (Wildman–Crippen LogP) is 3.95. The van der Waals surface area contributed by atoms with Crippen LogP contribution in [0.3, 0.4) is 0 Å². The first kappa shape index (κ1) is 14.1. The van der Waals surface area contributed by atoms with Crippen LogP contribution in [0, 0.1) is 12.7 Å². The van der Waals surface area contributed by atoms with Crippen LogP contribution in [-0.4, -0.2) is 11.2 Å². The Bertz CT molecular complexity index is 639. The Balaban J connectivity index is 1.84. The lowest BCUT2D eigenvalue weighted by atomic mass is 10.0. The van der Waals surface area contributed by atoms with E-state index in [-0.39, 0.29) is 11.9 Å². The van der Waals surface area contributed by atoms with Crippen LogP contribution in [-0.2, 0) is 6.42 Å². The average Bonchev–Trinajstić information content (AvgIpc) is 2.64. The number of rotatable bonds is 2. The molecule has 1 aliphatic carbocycles. The average molecular weight is 286 g/mol. The van der Waals surface area contributed by atoms with Gasteiger partial charge in [-0.25, -0.2) is 4.39 Å². The number of aliphatic hydroxyl groups is 1. The largest absolute Gasteiger partial charge is 0.487 e. The van der Waals surface area contributed by atoms with Crippen molar-refractivity contribution in [2.75, 3.05) is 0 Å². The highest BCUT2D eigenvalue weighted by atomic mass is 19.1. The molecular formula is C18H19FO2. The molecule has 0 saturated carbocycles. The summed E-state index contributed by atoms with van der Waals surface area (Å²) in [5.74, 6) is 0.192. The third kappa shape index (κ3) is 2.93. The standard InChI is InChI=1S/C18H19FO2/c1-12-9-10-14(11-16(12)19)21-17-8-4-6-13-5-2-3-7-15(13)18(17)20/h2-3,5,7,9-11,17-18,20H,4,6,8H2,1H3. The van der Waals surface area contributed by atoms with E-state index in [1.807, 2.05) is 24.3 Å². The van der Waals surface area contributed by atoms with Crippen LogP contribution in [0.2, 0.25) is 0 Å². The Kier molecular flexibility index (Phi) is 3.93. The SMILES string of the molecule is Cc1ccc(OC2CCCc3ccccc3C2O)cc1F. The van der Waals surface area contributed by atoms with Crippen molar-refractivity contribution in [1.29, 1.82) is 0 Å². The zero-order chi connectivity index (χ0) is 14.8. The number of aliphatic hydroxyl groups excluding tert-OH is 1. The van der Waals surface area contributed by atoms with Crippen LogP contribution in [0.25, 0.3) is 0 Å². The van der Waals surface area contributed by atoms with Gasteiger partial charge in [0.1, 0.15) is 23.8 Å². The van der Waals surface area contributed by atoms with Crippen molar-refractivity contribution >= 4 is 0 Å². The molecule has 0 aliphatic heterocycles. The van der Waals surface area contributed by atoms with E-state index in [0.29, 0.717) is 11.3 Å². The zero-order valence-electron chi connectivity index (χ0n) is 12.1. The molecule has 0 amide bonds. The van der Waals surface area contributed by atoms with Crippen LogP contribution in [0.1, 0.15) is 35.6 Å². The number of fused-ring (bicyclic) bond motifs is 1. The van der Waals surface area contributed by atoms with E-state index in [1.165, 1.54) is 11.6 Å². The first-order valence-corrected chi connectivity index (χ1v) is 7.34. The van der Waals surface area contributed by atoms with E-state index in [1.54, 1.807) is 19.1 Å². The molecule has 1 aliphatic rings. The van der Waals surface area contributed by atoms with Gasteiger partial charge in [-0.3, -0.25) is 0 Å². The molecular weight excluding hydrogens is 267 g/mol. The van der Waals surface area contributed by atoms with Crippen LogP contribution < -0.4 is 4.74 Å². The summed E-state index contributed by atoms with van der Waals surface area (Å²) in [6, 6.07) is 12.7. The van der Waals surface area contributed by atoms with Crippen molar-refractivity contribution in [3.63, 3.8) is 0 Å². The summed E-state index contributed by atoms with van der Waals surface area (Å²) >= 11 is 0. The molecule has 3 rings (SSSR count). The predicted molar refractivity (Wildman–Crippen MR) is 79.9 cm³/mol. The van der Waals surface area contributed by atoms with Crippen molar-refractivity contribution in [3.8, 4) is 5.75 Å². The number of halogens is 1. The number of hydrogen-bond acceptors (Lipinski definition) is 2. The molecule has 0 fully saturated rings. The van der Waals surface area contributed by atoms with Crippen LogP contribution in [0.15, 0.2) is 42.5 Å². The van der Waals surface area contributed by atoms with E-state index in [0.717, 1.165) is 24.8 Å². The molecule has 0 radical (unpaired) electrons. The molecule has 1 N–H and O–H groups in total. The summed E-state index contributed by atoms with van der Waals surface area (Å²) in [5.41, 5.74) is 2.69. The molecule has 2 atom stereocenters. The van der Waals surface area contributed by atoms with Crippen molar-refractivity contribution < 1.29 is 14.2 Å². The van der Waals surface area contributed by atoms with Gasteiger partial charge in [0.2, 0.25) is 0 Å². The van der Waals surface area contributed by atoms with Crippen molar-refractivity contribution in [3.05, 3.63) is 65.0 Å². The van der Waals surface area contributed by atoms with E-state index < -0.39 is 6.10 Å². The van der Waals surface area contributed by atoms with Gasteiger partial charge in [-0.15, -0.1) is 0 Å². The molecule has 3 heteroatoms. The quantitative estimate of drug-likeness (QED) is 0.847. The Morgan fingerprint density at radius 1 is 1.19 bits per heavy atom. The smallest absolute Gasteiger partial charge is 0.129 e. The van der Waals surface area contributed by atoms with Crippen LogP contribution in [0.4, 0.5) is 4.39 Å². The summed E-state index contributed by atoms with van der Waals surface area (Å²) < 4.78 is 19.5. The van der Waals surface area contributed by atoms with E-state index in [4.69, 9.17) is 4.74 Å². The van der Waals surface area contributed by atoms with Crippen molar-refractivity contribution in [1.82, 2.24) is 0 Å². The van der Waals surface area contributed by atoms with Gasteiger partial charge in [0.05, 0.1) is 0 Å². The lowest BCUT2D eigenvalue weighted by Crippen LogP contribution is -2.24. The maximum Gasteiger partial charge on any atom is 0.129 e. The molecule has 0 bridgehead atoms. The van der Waals surface area contributed by atoms with Crippen LogP contribution in [0.5, 0.6) is 5.75 Å². The molecule has 0 heterocycles. The minimum atomic E-state index is -0.673. The fourth-order valence-corrected chi connectivity index (χ4v) is 2.85. The van der Waals surface area contributed by atoms with Gasteiger partial charge < -0.3 is 9.84 Å². The van der Waals surface area contributed by atoms with Gasteiger partial charge in [-0.2, -0.15) is 0 Å². The topological polar surface area (TPSA) is 29.5 Å². The number of aryl methyl sites for hydroxylation is 2. The Morgan fingerprint density at radius 3 is 2.81 bits per heavy atom. The Labute approximate surface area is 124 Å². The van der Waals surface area contributed by atoms with Crippen molar-refractivity contribution in [2.24, 2.45) is 0 Å². The summed E-state index contributed by atoms with van der Waals surface area (Å²) in [4.78, 5) is 0. The second kappa shape index (κ2) is 5.86. The molecule has 0 saturated heterocycles. The fraction of sp³-hybridized carbons (Fsp3) is 0.333. The van der Waals surface area contributed by atoms with E-state index in [9.17, 15) is 9.50 Å². The molecule has 21 heavy (non-hydrogen) atoms. The summed E-state index contributed by atoms with van der Waals surface area (Å²) in [5, 5.41) is 10.6. The van der Waals surface area contributed by atoms with Gasteiger partial charge in [0.25, 0.3) is 0 Å². The second-order valence-electron chi connectivity index (χ2n) is 5.60. The minimum absolute atomic E-state index is 0.281. The highest BCUT2D eigenvalue weighted by Gasteiger charge is 2.27. The third-order valence-corrected chi connectivity index (χ3v) is 4.09. The van der Waals surface area contributed by atoms with Gasteiger partial charge in [-0.1, -0.05) is 30.3 Å². The van der Waals surface area contributed by atoms with Gasteiger partial charge in [0, 0.05) is 6.07 Å². The summed E-state index contributed by atoms with van der Waals surface area (Å²) in [7, 11) is 0. The van der Waals surface area contributed by atoms with Crippen LogP contribution >= 0.6 is 0 Å². The second-order valence-corrected chi connectivity index (χ2v) is 5.60. The summed E-state index contributed by atoms with van der Waals surface area (Å²) in [6.07, 6.45) is 1.64. The Hall–Kier alpha value is -1.87. The highest BCUT2D eigenvalue weighted by Crippen LogP contribution is 2.31. The van der Waals surface area contributed by atoms with E-state index >= 15 is 0 Å². The maximum absolute atomic E-state index is 13.6. The Morgan fingerprint density at radius 2 is 2.00 bits per heavy atom. The number of hydrogen-bond donors (Lipinski definition) is 1. The normalized spacial score (nSPS) is 21.5. The molecule has 0 spiro atoms. The minimum Gasteiger partial charge on any atom is -0.487 e. The number of ether oxygens (including phenoxy) is 1. The lowest BCUT2D eigenvalue weighted by Gasteiger charge is -2.23. The first-order chi connectivity index (χ1) is 10.1. The number of benzene rings is 2. The zero-order valence-corrected chi connectivity index (χ0v) is 12.1. The monoisotopic (exact) mass is 286 g/mol. The molecule has 2 unspecified atom stereocenters. The lowest BCUT2D eigenvalue weighted by molar-refractivity contribution is 0.0319. The molecule has 0 aromatic heterocycles. The van der Waals surface area contributed by atoms with Gasteiger partial charge in [0.15, 0.2) is 0 Å². The maximum atomic E-state index is 13.6.